The number of allylic oxidation sites excluding steroid dienone is 4. The molecule has 3 saturated carbocycles. The van der Waals surface area contributed by atoms with E-state index in [1.807, 2.05) is 13.8 Å². The molecule has 29 heavy (non-hydrogen) atoms. The Morgan fingerprint density at radius 3 is 2.66 bits per heavy atom. The lowest BCUT2D eigenvalue weighted by atomic mass is 9.45. The summed E-state index contributed by atoms with van der Waals surface area (Å²) in [6, 6.07) is -0.841. The largest absolute Gasteiger partial charge is 0.390 e. The average molecular weight is 428 g/mol. The molecule has 1 radical (unpaired) electrons. The van der Waals surface area contributed by atoms with Gasteiger partial charge in [0.15, 0.2) is 16.6 Å². The predicted molar refractivity (Wildman–Crippen MR) is 105 cm³/mol. The number of fused-ring (bicyclic) bond motifs is 5. The lowest BCUT2D eigenvalue weighted by Crippen LogP contribution is -2.68. The summed E-state index contributed by atoms with van der Waals surface area (Å²) in [6.07, 6.45) is 1.27. The van der Waals surface area contributed by atoms with Crippen LogP contribution in [0.5, 0.6) is 0 Å². The van der Waals surface area contributed by atoms with E-state index in [9.17, 15) is 19.1 Å². The SMILES string of the molecule is C[C@@H]1C[C@H]2[C@@H]3C[C@H](F)C4=CC(=O)C=C[C@]4(C)[C@@]3(F)[C@@H](O)C[C@@]2(C)[C]1C(=O)SCF. The maximum Gasteiger partial charge on any atom is 0.199 e. The van der Waals surface area contributed by atoms with Gasteiger partial charge < -0.3 is 5.11 Å². The summed E-state index contributed by atoms with van der Waals surface area (Å²) in [6.45, 7) is 5.25. The normalized spacial score (nSPS) is 49.3. The van der Waals surface area contributed by atoms with Crippen LogP contribution < -0.4 is 0 Å². The zero-order chi connectivity index (χ0) is 21.4. The van der Waals surface area contributed by atoms with Crippen molar-refractivity contribution in [2.24, 2.45) is 28.6 Å². The van der Waals surface area contributed by atoms with Crippen LogP contribution in [0.25, 0.3) is 0 Å². The van der Waals surface area contributed by atoms with Crippen molar-refractivity contribution < 1.29 is 27.9 Å². The highest BCUT2D eigenvalue weighted by molar-refractivity contribution is 8.13. The van der Waals surface area contributed by atoms with Gasteiger partial charge in [-0.05, 0) is 61.2 Å². The van der Waals surface area contributed by atoms with Gasteiger partial charge in [0.1, 0.15) is 12.2 Å². The fourth-order valence-electron chi connectivity index (χ4n) is 6.92. The monoisotopic (exact) mass is 427 g/mol. The minimum atomic E-state index is -2.14. The van der Waals surface area contributed by atoms with Gasteiger partial charge in [0.05, 0.1) is 12.0 Å². The minimum absolute atomic E-state index is 0.0184. The number of hydrogen-bond donors (Lipinski definition) is 1. The molecular formula is C22H26F3O3S. The lowest BCUT2D eigenvalue weighted by molar-refractivity contribution is -0.193. The zero-order valence-corrected chi connectivity index (χ0v) is 17.6. The van der Waals surface area contributed by atoms with Gasteiger partial charge in [-0.2, -0.15) is 0 Å². The Morgan fingerprint density at radius 2 is 2.00 bits per heavy atom. The van der Waals surface area contributed by atoms with E-state index in [0.29, 0.717) is 24.1 Å². The molecule has 0 aromatic carbocycles. The molecule has 0 amide bonds. The molecule has 1 N–H and O–H groups in total. The Labute approximate surface area is 173 Å². The van der Waals surface area contributed by atoms with Crippen molar-refractivity contribution in [2.75, 3.05) is 6.01 Å². The van der Waals surface area contributed by atoms with Crippen LogP contribution in [0.4, 0.5) is 13.2 Å². The van der Waals surface area contributed by atoms with Gasteiger partial charge in [-0.25, -0.2) is 13.2 Å². The molecule has 0 saturated heterocycles. The van der Waals surface area contributed by atoms with Crippen LogP contribution in [0, 0.1) is 34.5 Å². The summed E-state index contributed by atoms with van der Waals surface area (Å²) in [5.41, 5.74) is -4.28. The van der Waals surface area contributed by atoms with Crippen LogP contribution in [-0.4, -0.2) is 40.0 Å². The molecule has 0 aromatic heterocycles. The quantitative estimate of drug-likeness (QED) is 0.714. The Kier molecular flexibility index (Phi) is 4.90. The van der Waals surface area contributed by atoms with E-state index in [4.69, 9.17) is 0 Å². The number of aliphatic hydroxyl groups is 1. The first-order valence-electron chi connectivity index (χ1n) is 10.1. The molecule has 7 heteroatoms. The molecule has 4 aliphatic carbocycles. The third-order valence-corrected chi connectivity index (χ3v) is 8.73. The van der Waals surface area contributed by atoms with E-state index in [1.54, 1.807) is 6.92 Å². The fourth-order valence-corrected chi connectivity index (χ4v) is 7.61. The zero-order valence-electron chi connectivity index (χ0n) is 16.8. The van der Waals surface area contributed by atoms with Gasteiger partial charge in [-0.1, -0.05) is 31.7 Å². The highest BCUT2D eigenvalue weighted by Crippen LogP contribution is 2.70. The third-order valence-electron chi connectivity index (χ3n) is 8.14. The molecule has 0 bridgehead atoms. The number of carbonyl (C=O) groups is 2. The first-order chi connectivity index (χ1) is 13.5. The van der Waals surface area contributed by atoms with E-state index >= 15 is 8.78 Å². The van der Waals surface area contributed by atoms with E-state index in [1.165, 1.54) is 18.2 Å². The third kappa shape index (κ3) is 2.62. The second kappa shape index (κ2) is 6.71. The molecule has 4 rings (SSSR count). The molecule has 4 aliphatic rings. The number of hydrogen-bond acceptors (Lipinski definition) is 4. The van der Waals surface area contributed by atoms with Crippen LogP contribution in [0.15, 0.2) is 23.8 Å². The number of alkyl halides is 3. The van der Waals surface area contributed by atoms with E-state index < -0.39 is 40.7 Å². The summed E-state index contributed by atoms with van der Waals surface area (Å²) in [7, 11) is 0. The molecule has 3 nitrogen and oxygen atoms in total. The Balaban J connectivity index is 1.80. The van der Waals surface area contributed by atoms with Crippen LogP contribution in [0.2, 0.25) is 0 Å². The van der Waals surface area contributed by atoms with Crippen LogP contribution in [0.3, 0.4) is 0 Å². The van der Waals surface area contributed by atoms with Gasteiger partial charge in [0, 0.05) is 11.3 Å². The Hall–Kier alpha value is -1.08. The van der Waals surface area contributed by atoms with Crippen molar-refractivity contribution in [2.45, 2.75) is 58.0 Å². The van der Waals surface area contributed by atoms with Gasteiger partial charge >= 0.3 is 0 Å². The lowest BCUT2D eigenvalue weighted by Gasteiger charge is -2.62. The first-order valence-corrected chi connectivity index (χ1v) is 11.1. The molecule has 0 unspecified atom stereocenters. The highest BCUT2D eigenvalue weighted by Gasteiger charge is 2.73. The molecule has 159 valence electrons. The van der Waals surface area contributed by atoms with Crippen molar-refractivity contribution in [3.05, 3.63) is 29.7 Å². The summed E-state index contributed by atoms with van der Waals surface area (Å²) in [4.78, 5) is 24.5. The van der Waals surface area contributed by atoms with Gasteiger partial charge in [-0.15, -0.1) is 0 Å². The number of halogens is 3. The number of ketones is 1. The van der Waals surface area contributed by atoms with Gasteiger partial charge in [0.25, 0.3) is 0 Å². The predicted octanol–water partition coefficient (Wildman–Crippen LogP) is 4.31. The van der Waals surface area contributed by atoms with Crippen molar-refractivity contribution in [3.63, 3.8) is 0 Å². The molecule has 8 atom stereocenters. The van der Waals surface area contributed by atoms with Gasteiger partial charge in [0.2, 0.25) is 0 Å². The standard InChI is InChI=1S/C22H26F3O3S/c1-11-6-13-14-8-16(24)15-7-12(26)4-5-21(15,3)22(14,25)17(27)9-20(13,2)18(11)19(28)29-10-23/h4-5,7,11,13-14,16-17,27H,6,8-10H2,1-3H3/t11-,13+,14+,16+,17+,20-,21+,22+/m1/s1. The number of rotatable bonds is 2. The molecule has 0 spiro atoms. The van der Waals surface area contributed by atoms with Gasteiger partial charge in [-0.3, -0.25) is 9.59 Å². The van der Waals surface area contributed by atoms with E-state index in [0.717, 1.165) is 0 Å². The number of thioether (sulfide) groups is 1. The number of carbonyl (C=O) groups excluding carboxylic acids is 2. The molecule has 0 heterocycles. The Bertz CT molecular complexity index is 813. The van der Waals surface area contributed by atoms with Crippen LogP contribution >= 0.6 is 11.8 Å². The van der Waals surface area contributed by atoms with Crippen molar-refractivity contribution in [3.8, 4) is 0 Å². The second-order valence-electron chi connectivity index (χ2n) is 9.45. The van der Waals surface area contributed by atoms with Crippen LogP contribution in [0.1, 0.15) is 40.0 Å². The minimum Gasteiger partial charge on any atom is -0.390 e. The fraction of sp³-hybridized carbons (Fsp3) is 0.682. The summed E-state index contributed by atoms with van der Waals surface area (Å²) >= 11 is 0.585. The maximum atomic E-state index is 16.9. The summed E-state index contributed by atoms with van der Waals surface area (Å²) in [5, 5.41) is 10.7. The Morgan fingerprint density at radius 1 is 1.31 bits per heavy atom. The topological polar surface area (TPSA) is 54.4 Å². The van der Waals surface area contributed by atoms with Crippen molar-refractivity contribution in [1.82, 2.24) is 0 Å². The molecule has 3 fully saturated rings. The summed E-state index contributed by atoms with van der Waals surface area (Å²) < 4.78 is 44.9. The molecular weight excluding hydrogens is 401 g/mol. The molecule has 0 aromatic rings. The van der Waals surface area contributed by atoms with E-state index in [-0.39, 0.29) is 41.1 Å². The average Bonchev–Trinajstić information content (AvgIpc) is 2.90. The second-order valence-corrected chi connectivity index (χ2v) is 10.3. The summed E-state index contributed by atoms with van der Waals surface area (Å²) in [5.74, 6) is -1.18. The van der Waals surface area contributed by atoms with Crippen molar-refractivity contribution in [1.29, 1.82) is 0 Å². The highest BCUT2D eigenvalue weighted by atomic mass is 32.2. The smallest absolute Gasteiger partial charge is 0.199 e. The first kappa shape index (κ1) is 21.2. The maximum absolute atomic E-state index is 16.9. The number of aliphatic hydroxyl groups excluding tert-OH is 1. The van der Waals surface area contributed by atoms with E-state index in [2.05, 4.69) is 0 Å². The van der Waals surface area contributed by atoms with Crippen LogP contribution in [-0.2, 0) is 9.59 Å². The van der Waals surface area contributed by atoms with Crippen molar-refractivity contribution >= 4 is 22.7 Å². The molecule has 0 aliphatic heterocycles.